The summed E-state index contributed by atoms with van der Waals surface area (Å²) in [5, 5.41) is 4.39. The lowest BCUT2D eigenvalue weighted by Gasteiger charge is -2.01. The van der Waals surface area contributed by atoms with Crippen LogP contribution in [0.25, 0.3) is 10.4 Å². The Balaban J connectivity index is 1.76. The van der Waals surface area contributed by atoms with E-state index in [1.807, 2.05) is 18.3 Å². The molecule has 18 heavy (non-hydrogen) atoms. The molecule has 0 saturated heterocycles. The molecule has 1 N–H and O–H groups in total. The zero-order valence-electron chi connectivity index (χ0n) is 10.4. The van der Waals surface area contributed by atoms with E-state index in [0.29, 0.717) is 0 Å². The van der Waals surface area contributed by atoms with E-state index in [-0.39, 0.29) is 0 Å². The Morgan fingerprint density at radius 2 is 2.11 bits per heavy atom. The molecule has 1 aliphatic rings. The van der Waals surface area contributed by atoms with E-state index in [2.05, 4.69) is 35.6 Å². The normalized spacial score (nSPS) is 15.0. The van der Waals surface area contributed by atoms with E-state index in [0.717, 1.165) is 23.2 Å². The van der Waals surface area contributed by atoms with E-state index >= 15 is 0 Å². The summed E-state index contributed by atoms with van der Waals surface area (Å²) in [6, 6.07) is 11.5. The fourth-order valence-electron chi connectivity index (χ4n) is 1.91. The quantitative estimate of drug-likeness (QED) is 0.859. The number of halogens is 1. The zero-order valence-corrected chi connectivity index (χ0v) is 11.9. The van der Waals surface area contributed by atoms with Crippen LogP contribution >= 0.6 is 22.9 Å². The molecule has 94 valence electrons. The van der Waals surface area contributed by atoms with Crippen LogP contribution in [0.5, 0.6) is 0 Å². The molecule has 1 aromatic heterocycles. The number of nitrogens with one attached hydrogen (secondary N) is 1. The van der Waals surface area contributed by atoms with Crippen molar-refractivity contribution in [1.29, 1.82) is 0 Å². The Morgan fingerprint density at radius 3 is 2.83 bits per heavy atom. The molecular formula is C15H16ClNS. The Hall–Kier alpha value is -0.830. The molecule has 0 bridgehead atoms. The summed E-state index contributed by atoms with van der Waals surface area (Å²) in [6.07, 6.45) is 2.68. The first-order valence-corrected chi connectivity index (χ1v) is 7.50. The fourth-order valence-corrected chi connectivity index (χ4v) is 3.04. The van der Waals surface area contributed by atoms with Crippen LogP contribution in [-0.2, 0) is 6.54 Å². The summed E-state index contributed by atoms with van der Waals surface area (Å²) < 4.78 is 0. The molecule has 2 aromatic rings. The fraction of sp³-hybridized carbons (Fsp3) is 0.333. The minimum absolute atomic E-state index is 0.768. The Kier molecular flexibility index (Phi) is 3.42. The molecule has 0 aliphatic heterocycles. The first-order chi connectivity index (χ1) is 8.72. The van der Waals surface area contributed by atoms with E-state index in [4.69, 9.17) is 11.6 Å². The van der Waals surface area contributed by atoms with Crippen molar-refractivity contribution in [2.75, 3.05) is 0 Å². The number of aryl methyl sites for hydroxylation is 1. The average Bonchev–Trinajstić information content (AvgIpc) is 3.08. The molecule has 1 fully saturated rings. The molecule has 0 spiro atoms. The SMILES string of the molecule is Cc1ccc(-c2ccc(CNC3CC3)s2)cc1Cl. The van der Waals surface area contributed by atoms with Crippen molar-refractivity contribution in [2.24, 2.45) is 0 Å². The molecule has 1 aromatic carbocycles. The van der Waals surface area contributed by atoms with Crippen molar-refractivity contribution in [3.63, 3.8) is 0 Å². The Labute approximate surface area is 117 Å². The lowest BCUT2D eigenvalue weighted by molar-refractivity contribution is 0.695. The Bertz CT molecular complexity index is 557. The van der Waals surface area contributed by atoms with Crippen LogP contribution in [0, 0.1) is 6.92 Å². The molecule has 3 heteroatoms. The average molecular weight is 278 g/mol. The van der Waals surface area contributed by atoms with Gasteiger partial charge in [0.05, 0.1) is 0 Å². The largest absolute Gasteiger partial charge is 0.309 e. The van der Waals surface area contributed by atoms with Crippen molar-refractivity contribution >= 4 is 22.9 Å². The molecule has 3 rings (SSSR count). The molecule has 0 unspecified atom stereocenters. The highest BCUT2D eigenvalue weighted by Gasteiger charge is 2.20. The maximum Gasteiger partial charge on any atom is 0.0441 e. The van der Waals surface area contributed by atoms with Crippen molar-refractivity contribution in [3.8, 4) is 10.4 Å². The van der Waals surface area contributed by atoms with Crippen LogP contribution in [0.4, 0.5) is 0 Å². The van der Waals surface area contributed by atoms with Gasteiger partial charge >= 0.3 is 0 Å². The first kappa shape index (κ1) is 12.2. The van der Waals surface area contributed by atoms with Crippen LogP contribution in [0.15, 0.2) is 30.3 Å². The van der Waals surface area contributed by atoms with Crippen molar-refractivity contribution < 1.29 is 0 Å². The van der Waals surface area contributed by atoms with Crippen LogP contribution in [0.1, 0.15) is 23.3 Å². The van der Waals surface area contributed by atoms with Gasteiger partial charge in [-0.2, -0.15) is 0 Å². The molecule has 1 heterocycles. The maximum absolute atomic E-state index is 6.17. The topological polar surface area (TPSA) is 12.0 Å². The standard InChI is InChI=1S/C15H16ClNS/c1-10-2-3-11(8-14(10)16)15-7-6-13(18-15)9-17-12-4-5-12/h2-3,6-8,12,17H,4-5,9H2,1H3. The molecule has 0 amide bonds. The summed E-state index contributed by atoms with van der Waals surface area (Å²) in [4.78, 5) is 2.69. The second-order valence-corrected chi connectivity index (χ2v) is 6.46. The molecule has 0 radical (unpaired) electrons. The lowest BCUT2D eigenvalue weighted by Crippen LogP contribution is -2.14. The van der Waals surface area contributed by atoms with Gasteiger partial charge in [0.15, 0.2) is 0 Å². The second-order valence-electron chi connectivity index (χ2n) is 4.89. The molecular weight excluding hydrogens is 262 g/mol. The van der Waals surface area contributed by atoms with Crippen LogP contribution in [0.3, 0.4) is 0 Å². The van der Waals surface area contributed by atoms with Gasteiger partial charge in [-0.05, 0) is 49.1 Å². The number of rotatable bonds is 4. The van der Waals surface area contributed by atoms with Gasteiger partial charge in [0.2, 0.25) is 0 Å². The second kappa shape index (κ2) is 5.04. The van der Waals surface area contributed by atoms with Crippen LogP contribution in [0.2, 0.25) is 5.02 Å². The molecule has 1 aliphatic carbocycles. The third kappa shape index (κ3) is 2.77. The van der Waals surface area contributed by atoms with Gasteiger partial charge in [-0.3, -0.25) is 0 Å². The highest BCUT2D eigenvalue weighted by molar-refractivity contribution is 7.15. The smallest absolute Gasteiger partial charge is 0.0441 e. The minimum atomic E-state index is 0.768. The van der Waals surface area contributed by atoms with E-state index in [1.165, 1.54) is 28.2 Å². The monoisotopic (exact) mass is 277 g/mol. The van der Waals surface area contributed by atoms with Gasteiger partial charge in [-0.1, -0.05) is 23.7 Å². The summed E-state index contributed by atoms with van der Waals surface area (Å²) in [5.41, 5.74) is 2.35. The van der Waals surface area contributed by atoms with Gasteiger partial charge < -0.3 is 5.32 Å². The van der Waals surface area contributed by atoms with Crippen LogP contribution < -0.4 is 5.32 Å². The number of thiophene rings is 1. The van der Waals surface area contributed by atoms with Gasteiger partial charge in [0.25, 0.3) is 0 Å². The molecule has 0 atom stereocenters. The van der Waals surface area contributed by atoms with Crippen LogP contribution in [-0.4, -0.2) is 6.04 Å². The van der Waals surface area contributed by atoms with Gasteiger partial charge in [0.1, 0.15) is 0 Å². The zero-order chi connectivity index (χ0) is 12.5. The van der Waals surface area contributed by atoms with Crippen molar-refractivity contribution in [3.05, 3.63) is 45.8 Å². The van der Waals surface area contributed by atoms with Gasteiger partial charge in [0, 0.05) is 27.4 Å². The van der Waals surface area contributed by atoms with Gasteiger partial charge in [-0.25, -0.2) is 0 Å². The summed E-state index contributed by atoms with van der Waals surface area (Å²) in [6.45, 7) is 3.03. The lowest BCUT2D eigenvalue weighted by atomic mass is 10.1. The first-order valence-electron chi connectivity index (χ1n) is 6.31. The van der Waals surface area contributed by atoms with Crippen molar-refractivity contribution in [1.82, 2.24) is 5.32 Å². The predicted octanol–water partition coefficient (Wildman–Crippen LogP) is 4.63. The van der Waals surface area contributed by atoms with Crippen molar-refractivity contribution in [2.45, 2.75) is 32.4 Å². The summed E-state index contributed by atoms with van der Waals surface area (Å²) in [7, 11) is 0. The highest BCUT2D eigenvalue weighted by Crippen LogP contribution is 2.31. The minimum Gasteiger partial charge on any atom is -0.309 e. The van der Waals surface area contributed by atoms with E-state index < -0.39 is 0 Å². The summed E-state index contributed by atoms with van der Waals surface area (Å²) >= 11 is 8.02. The Morgan fingerprint density at radius 1 is 1.28 bits per heavy atom. The van der Waals surface area contributed by atoms with Gasteiger partial charge in [-0.15, -0.1) is 11.3 Å². The third-order valence-electron chi connectivity index (χ3n) is 3.26. The third-order valence-corrected chi connectivity index (χ3v) is 4.80. The van der Waals surface area contributed by atoms with E-state index in [1.54, 1.807) is 0 Å². The predicted molar refractivity (Wildman–Crippen MR) is 79.4 cm³/mol. The number of hydrogen-bond donors (Lipinski definition) is 1. The summed E-state index contributed by atoms with van der Waals surface area (Å²) in [5.74, 6) is 0. The maximum atomic E-state index is 6.17. The molecule has 1 nitrogen and oxygen atoms in total. The molecule has 1 saturated carbocycles. The number of hydrogen-bond acceptors (Lipinski definition) is 2. The van der Waals surface area contributed by atoms with E-state index in [9.17, 15) is 0 Å². The number of benzene rings is 1. The highest BCUT2D eigenvalue weighted by atomic mass is 35.5.